The molecule has 1 saturated carbocycles. The molecule has 1 aromatic rings. The Hall–Kier alpha value is -1.38. The molecule has 0 spiro atoms. The fraction of sp³-hybridized carbons (Fsp3) is 0.571. The number of nitrogens with one attached hydrogen (secondary N) is 1. The van der Waals surface area contributed by atoms with Gasteiger partial charge in [-0.15, -0.1) is 0 Å². The minimum atomic E-state index is 0.0910. The summed E-state index contributed by atoms with van der Waals surface area (Å²) in [5.41, 5.74) is 1.11. The minimum Gasteiger partial charge on any atom is -0.311 e. The van der Waals surface area contributed by atoms with E-state index in [0.29, 0.717) is 12.2 Å². The zero-order valence-corrected chi connectivity index (χ0v) is 10.4. The Bertz CT molecular complexity index is 366. The smallest absolute Gasteiger partial charge is 0.225 e. The predicted octanol–water partition coefficient (Wildman–Crippen LogP) is 3.30. The predicted molar refractivity (Wildman–Crippen MR) is 68.8 cm³/mol. The molecule has 3 heteroatoms. The van der Waals surface area contributed by atoms with Gasteiger partial charge in [-0.1, -0.05) is 31.7 Å². The number of carbonyl (C=O) groups is 1. The van der Waals surface area contributed by atoms with Crippen LogP contribution in [-0.4, -0.2) is 10.9 Å². The molecule has 0 aliphatic heterocycles. The van der Waals surface area contributed by atoms with Crippen molar-refractivity contribution in [2.75, 3.05) is 5.32 Å². The summed E-state index contributed by atoms with van der Waals surface area (Å²) in [5.74, 6) is 1.52. The highest BCUT2D eigenvalue weighted by Crippen LogP contribution is 2.28. The molecule has 0 aromatic carbocycles. The number of anilines is 1. The highest BCUT2D eigenvalue weighted by Gasteiger charge is 2.16. The summed E-state index contributed by atoms with van der Waals surface area (Å²) in [4.78, 5) is 15.9. The lowest BCUT2D eigenvalue weighted by Crippen LogP contribution is -2.13. The van der Waals surface area contributed by atoms with Crippen molar-refractivity contribution >= 4 is 11.7 Å². The van der Waals surface area contributed by atoms with Crippen LogP contribution < -0.4 is 5.32 Å². The molecular weight excluding hydrogens is 212 g/mol. The molecule has 2 rings (SSSR count). The molecule has 0 atom stereocenters. The second kappa shape index (κ2) is 5.80. The monoisotopic (exact) mass is 232 g/mol. The Morgan fingerprint density at radius 2 is 2.18 bits per heavy atom. The van der Waals surface area contributed by atoms with Crippen molar-refractivity contribution in [1.29, 1.82) is 0 Å². The van der Waals surface area contributed by atoms with E-state index in [0.717, 1.165) is 17.9 Å². The molecule has 1 amide bonds. The molecule has 1 fully saturated rings. The number of aromatic nitrogens is 1. The maximum absolute atomic E-state index is 11.7. The van der Waals surface area contributed by atoms with Crippen LogP contribution in [0.5, 0.6) is 0 Å². The van der Waals surface area contributed by atoms with Gasteiger partial charge in [0.1, 0.15) is 5.82 Å². The van der Waals surface area contributed by atoms with Gasteiger partial charge in [0.05, 0.1) is 0 Å². The van der Waals surface area contributed by atoms with Crippen molar-refractivity contribution in [2.24, 2.45) is 5.92 Å². The Labute approximate surface area is 103 Å². The highest BCUT2D eigenvalue weighted by atomic mass is 16.1. The van der Waals surface area contributed by atoms with Gasteiger partial charge in [-0.3, -0.25) is 4.79 Å². The number of hydrogen-bond donors (Lipinski definition) is 1. The van der Waals surface area contributed by atoms with Crippen LogP contribution in [0.2, 0.25) is 0 Å². The fourth-order valence-electron chi connectivity index (χ4n) is 2.38. The summed E-state index contributed by atoms with van der Waals surface area (Å²) >= 11 is 0. The van der Waals surface area contributed by atoms with Crippen LogP contribution in [0, 0.1) is 12.8 Å². The third kappa shape index (κ3) is 3.84. The molecule has 1 aliphatic carbocycles. The van der Waals surface area contributed by atoms with Crippen LogP contribution in [0.3, 0.4) is 0 Å². The van der Waals surface area contributed by atoms with Crippen molar-refractivity contribution in [1.82, 2.24) is 4.98 Å². The topological polar surface area (TPSA) is 42.0 Å². The number of nitrogens with zero attached hydrogens (tertiary/aromatic N) is 1. The Morgan fingerprint density at radius 3 is 2.82 bits per heavy atom. The van der Waals surface area contributed by atoms with Crippen LogP contribution in [0.25, 0.3) is 0 Å². The van der Waals surface area contributed by atoms with Crippen LogP contribution in [0.4, 0.5) is 5.82 Å². The molecule has 0 saturated heterocycles. The van der Waals surface area contributed by atoms with E-state index in [-0.39, 0.29) is 5.91 Å². The van der Waals surface area contributed by atoms with Gasteiger partial charge in [-0.05, 0) is 30.9 Å². The summed E-state index contributed by atoms with van der Waals surface area (Å²) in [6.07, 6.45) is 8.70. The van der Waals surface area contributed by atoms with E-state index in [1.807, 2.05) is 19.1 Å². The van der Waals surface area contributed by atoms with Crippen molar-refractivity contribution in [2.45, 2.75) is 45.4 Å². The second-order valence-corrected chi connectivity index (χ2v) is 4.96. The van der Waals surface area contributed by atoms with Crippen LogP contribution in [-0.2, 0) is 4.79 Å². The molecule has 1 aliphatic rings. The van der Waals surface area contributed by atoms with Gasteiger partial charge in [0, 0.05) is 12.6 Å². The molecule has 1 aromatic heterocycles. The molecule has 0 bridgehead atoms. The number of carbonyl (C=O) groups excluding carboxylic acids is 1. The Morgan fingerprint density at radius 1 is 1.41 bits per heavy atom. The summed E-state index contributed by atoms with van der Waals surface area (Å²) in [6.45, 7) is 1.98. The Kier molecular flexibility index (Phi) is 4.13. The lowest BCUT2D eigenvalue weighted by atomic mass is 10.0. The molecule has 17 heavy (non-hydrogen) atoms. The first-order valence-electron chi connectivity index (χ1n) is 6.46. The lowest BCUT2D eigenvalue weighted by Gasteiger charge is -2.08. The highest BCUT2D eigenvalue weighted by molar-refractivity contribution is 5.89. The van der Waals surface area contributed by atoms with Crippen molar-refractivity contribution in [3.05, 3.63) is 23.9 Å². The maximum Gasteiger partial charge on any atom is 0.225 e. The second-order valence-electron chi connectivity index (χ2n) is 4.96. The van der Waals surface area contributed by atoms with E-state index in [1.54, 1.807) is 6.20 Å². The summed E-state index contributed by atoms with van der Waals surface area (Å²) < 4.78 is 0. The van der Waals surface area contributed by atoms with Gasteiger partial charge >= 0.3 is 0 Å². The zero-order chi connectivity index (χ0) is 12.1. The molecule has 3 nitrogen and oxygen atoms in total. The number of rotatable bonds is 4. The SMILES string of the molecule is Cc1ccc(NC(=O)CCC2CCCC2)nc1. The van der Waals surface area contributed by atoms with Gasteiger partial charge < -0.3 is 5.32 Å². The van der Waals surface area contributed by atoms with Gasteiger partial charge in [0.25, 0.3) is 0 Å². The molecule has 1 N–H and O–H groups in total. The summed E-state index contributed by atoms with van der Waals surface area (Å²) in [6, 6.07) is 3.81. The average molecular weight is 232 g/mol. The Balaban J connectivity index is 1.74. The minimum absolute atomic E-state index is 0.0910. The summed E-state index contributed by atoms with van der Waals surface area (Å²) in [7, 11) is 0. The van der Waals surface area contributed by atoms with Gasteiger partial charge in [-0.2, -0.15) is 0 Å². The quantitative estimate of drug-likeness (QED) is 0.865. The maximum atomic E-state index is 11.7. The largest absolute Gasteiger partial charge is 0.311 e. The third-order valence-corrected chi connectivity index (χ3v) is 3.43. The third-order valence-electron chi connectivity index (χ3n) is 3.43. The van der Waals surface area contributed by atoms with Gasteiger partial charge in [0.2, 0.25) is 5.91 Å². The van der Waals surface area contributed by atoms with E-state index in [4.69, 9.17) is 0 Å². The van der Waals surface area contributed by atoms with Gasteiger partial charge in [-0.25, -0.2) is 4.98 Å². The first-order valence-corrected chi connectivity index (χ1v) is 6.46. The van der Waals surface area contributed by atoms with Crippen LogP contribution in [0.15, 0.2) is 18.3 Å². The van der Waals surface area contributed by atoms with E-state index in [9.17, 15) is 4.79 Å². The zero-order valence-electron chi connectivity index (χ0n) is 10.4. The molecule has 0 radical (unpaired) electrons. The van der Waals surface area contributed by atoms with Crippen molar-refractivity contribution < 1.29 is 4.79 Å². The fourth-order valence-corrected chi connectivity index (χ4v) is 2.38. The normalized spacial score (nSPS) is 16.1. The van der Waals surface area contributed by atoms with Crippen molar-refractivity contribution in [3.8, 4) is 0 Å². The van der Waals surface area contributed by atoms with Gasteiger partial charge in [0.15, 0.2) is 0 Å². The summed E-state index contributed by atoms with van der Waals surface area (Å²) in [5, 5.41) is 2.84. The lowest BCUT2D eigenvalue weighted by molar-refractivity contribution is -0.116. The van der Waals surface area contributed by atoms with E-state index >= 15 is 0 Å². The number of amides is 1. The van der Waals surface area contributed by atoms with Crippen LogP contribution in [0.1, 0.15) is 44.1 Å². The van der Waals surface area contributed by atoms with E-state index in [1.165, 1.54) is 25.7 Å². The number of aryl methyl sites for hydroxylation is 1. The first kappa shape index (κ1) is 12.1. The van der Waals surface area contributed by atoms with Crippen molar-refractivity contribution in [3.63, 3.8) is 0 Å². The standard InChI is InChI=1S/C14H20N2O/c1-11-6-8-13(15-10-11)16-14(17)9-7-12-4-2-3-5-12/h6,8,10,12H,2-5,7,9H2,1H3,(H,15,16,17). The average Bonchev–Trinajstić information content (AvgIpc) is 2.83. The molecule has 0 unspecified atom stereocenters. The van der Waals surface area contributed by atoms with Crippen LogP contribution >= 0.6 is 0 Å². The number of pyridine rings is 1. The first-order chi connectivity index (χ1) is 8.24. The molecule has 92 valence electrons. The number of hydrogen-bond acceptors (Lipinski definition) is 2. The molecule has 1 heterocycles. The molecular formula is C14H20N2O. The van der Waals surface area contributed by atoms with E-state index in [2.05, 4.69) is 10.3 Å². The van der Waals surface area contributed by atoms with E-state index < -0.39 is 0 Å².